The number of amides is 2. The van der Waals surface area contributed by atoms with Crippen LogP contribution in [0.4, 0.5) is 11.4 Å². The summed E-state index contributed by atoms with van der Waals surface area (Å²) in [6.07, 6.45) is 0. The van der Waals surface area contributed by atoms with Crippen molar-refractivity contribution in [2.45, 2.75) is 27.4 Å². The maximum absolute atomic E-state index is 12.5. The largest absolute Gasteiger partial charge is 0.494 e. The predicted molar refractivity (Wildman–Crippen MR) is 102 cm³/mol. The minimum absolute atomic E-state index is 0.141. The Kier molecular flexibility index (Phi) is 7.17. The zero-order valence-corrected chi connectivity index (χ0v) is 15.3. The van der Waals surface area contributed by atoms with Gasteiger partial charge in [0.1, 0.15) is 5.75 Å². The third-order valence-electron chi connectivity index (χ3n) is 3.55. The second-order valence-electron chi connectivity index (χ2n) is 5.61. The molecule has 0 fully saturated rings. The molecule has 6 heteroatoms. The topological polar surface area (TPSA) is 76.7 Å². The Balaban J connectivity index is 2.11. The van der Waals surface area contributed by atoms with Gasteiger partial charge in [-0.1, -0.05) is 0 Å². The number of rotatable bonds is 8. The van der Waals surface area contributed by atoms with Crippen LogP contribution in [0.2, 0.25) is 0 Å². The molecule has 2 N–H and O–H groups in total. The lowest BCUT2D eigenvalue weighted by molar-refractivity contribution is -0.114. The number of carbonyl (C=O) groups is 2. The Morgan fingerprint density at radius 3 is 2.15 bits per heavy atom. The van der Waals surface area contributed by atoms with E-state index in [0.717, 1.165) is 11.3 Å². The highest BCUT2D eigenvalue weighted by atomic mass is 16.5. The van der Waals surface area contributed by atoms with Crippen LogP contribution in [0.25, 0.3) is 0 Å². The second-order valence-corrected chi connectivity index (χ2v) is 5.61. The van der Waals surface area contributed by atoms with Crippen molar-refractivity contribution in [3.8, 4) is 5.75 Å². The quantitative estimate of drug-likeness (QED) is 0.753. The van der Waals surface area contributed by atoms with Gasteiger partial charge in [-0.15, -0.1) is 0 Å². The first-order chi connectivity index (χ1) is 12.5. The Hall–Kier alpha value is -2.86. The molecule has 0 atom stereocenters. The molecule has 0 aromatic heterocycles. The molecule has 2 amide bonds. The van der Waals surface area contributed by atoms with Gasteiger partial charge in [0.25, 0.3) is 5.91 Å². The van der Waals surface area contributed by atoms with Crippen molar-refractivity contribution in [1.29, 1.82) is 0 Å². The van der Waals surface area contributed by atoms with Crippen LogP contribution in [0, 0.1) is 0 Å². The minimum atomic E-state index is -0.224. The summed E-state index contributed by atoms with van der Waals surface area (Å²) in [7, 11) is 0. The summed E-state index contributed by atoms with van der Waals surface area (Å²) in [5, 5.41) is 5.52. The fourth-order valence-electron chi connectivity index (χ4n) is 2.39. The molecule has 0 aliphatic heterocycles. The van der Waals surface area contributed by atoms with E-state index >= 15 is 0 Å². The van der Waals surface area contributed by atoms with Gasteiger partial charge in [0, 0.05) is 36.0 Å². The summed E-state index contributed by atoms with van der Waals surface area (Å²) in [6.45, 7) is 6.80. The van der Waals surface area contributed by atoms with E-state index in [9.17, 15) is 9.59 Å². The molecular weight excluding hydrogens is 332 g/mol. The van der Waals surface area contributed by atoms with Crippen LogP contribution in [0.1, 0.15) is 36.7 Å². The summed E-state index contributed by atoms with van der Waals surface area (Å²) in [5.41, 5.74) is 2.68. The minimum Gasteiger partial charge on any atom is -0.494 e. The number of carbonyl (C=O) groups excluding carboxylic acids is 2. The van der Waals surface area contributed by atoms with Gasteiger partial charge in [0.2, 0.25) is 5.91 Å². The molecule has 6 nitrogen and oxygen atoms in total. The number of hydrogen-bond acceptors (Lipinski definition) is 4. The molecule has 0 saturated heterocycles. The fourth-order valence-corrected chi connectivity index (χ4v) is 2.39. The lowest BCUT2D eigenvalue weighted by Gasteiger charge is -2.12. The number of hydrogen-bond donors (Lipinski definition) is 2. The van der Waals surface area contributed by atoms with Gasteiger partial charge in [0.15, 0.2) is 0 Å². The molecule has 2 aromatic rings. The van der Waals surface area contributed by atoms with Crippen molar-refractivity contribution in [3.63, 3.8) is 0 Å². The first-order valence-corrected chi connectivity index (χ1v) is 8.56. The summed E-state index contributed by atoms with van der Waals surface area (Å²) in [6, 6.07) is 12.2. The zero-order valence-electron chi connectivity index (χ0n) is 15.3. The zero-order chi connectivity index (χ0) is 18.9. The summed E-state index contributed by atoms with van der Waals surface area (Å²) in [4.78, 5) is 23.5. The van der Waals surface area contributed by atoms with Crippen LogP contribution in [0.3, 0.4) is 0 Å². The van der Waals surface area contributed by atoms with Crippen molar-refractivity contribution in [3.05, 3.63) is 53.6 Å². The third kappa shape index (κ3) is 5.60. The van der Waals surface area contributed by atoms with Crippen molar-refractivity contribution in [1.82, 2.24) is 0 Å². The molecule has 2 rings (SSSR count). The maximum atomic E-state index is 12.5. The number of benzene rings is 2. The average Bonchev–Trinajstić information content (AvgIpc) is 2.62. The second kappa shape index (κ2) is 9.58. The standard InChI is InChI=1S/C20H24N2O4/c1-4-25-13-16-12-15(6-11-19(16)26-5-2)20(24)22-18-9-7-17(8-10-18)21-14(3)23/h6-12H,4-5,13H2,1-3H3,(H,21,23)(H,22,24). The van der Waals surface area contributed by atoms with Crippen molar-refractivity contribution >= 4 is 23.2 Å². The molecule has 0 radical (unpaired) electrons. The fraction of sp³-hybridized carbons (Fsp3) is 0.300. The van der Waals surface area contributed by atoms with E-state index in [4.69, 9.17) is 9.47 Å². The Morgan fingerprint density at radius 1 is 0.923 bits per heavy atom. The van der Waals surface area contributed by atoms with Crippen LogP contribution in [0.15, 0.2) is 42.5 Å². The van der Waals surface area contributed by atoms with Gasteiger partial charge in [-0.05, 0) is 56.3 Å². The molecule has 0 spiro atoms. The molecule has 0 aliphatic rings. The molecule has 0 heterocycles. The highest BCUT2D eigenvalue weighted by Crippen LogP contribution is 2.22. The van der Waals surface area contributed by atoms with Crippen LogP contribution in [0.5, 0.6) is 5.75 Å². The molecule has 26 heavy (non-hydrogen) atoms. The smallest absolute Gasteiger partial charge is 0.255 e. The van der Waals surface area contributed by atoms with Gasteiger partial charge in [-0.25, -0.2) is 0 Å². The van der Waals surface area contributed by atoms with E-state index in [1.165, 1.54) is 6.92 Å². The normalized spacial score (nSPS) is 10.3. The Labute approximate surface area is 153 Å². The summed E-state index contributed by atoms with van der Waals surface area (Å²) >= 11 is 0. The number of anilines is 2. The maximum Gasteiger partial charge on any atom is 0.255 e. The molecule has 138 valence electrons. The summed E-state index contributed by atoms with van der Waals surface area (Å²) < 4.78 is 11.0. The molecule has 2 aromatic carbocycles. The molecule has 0 bridgehead atoms. The molecular formula is C20H24N2O4. The molecule has 0 aliphatic carbocycles. The molecule has 0 saturated carbocycles. The highest BCUT2D eigenvalue weighted by Gasteiger charge is 2.11. The lowest BCUT2D eigenvalue weighted by atomic mass is 10.1. The van der Waals surface area contributed by atoms with E-state index in [1.54, 1.807) is 42.5 Å². The van der Waals surface area contributed by atoms with E-state index in [-0.39, 0.29) is 11.8 Å². The highest BCUT2D eigenvalue weighted by molar-refractivity contribution is 6.04. The van der Waals surface area contributed by atoms with Crippen molar-refractivity contribution in [2.24, 2.45) is 0 Å². The van der Waals surface area contributed by atoms with Gasteiger partial charge in [-0.3, -0.25) is 9.59 Å². The van der Waals surface area contributed by atoms with E-state index in [0.29, 0.717) is 36.8 Å². The first kappa shape index (κ1) is 19.5. The van der Waals surface area contributed by atoms with Gasteiger partial charge < -0.3 is 20.1 Å². The van der Waals surface area contributed by atoms with Crippen LogP contribution >= 0.6 is 0 Å². The van der Waals surface area contributed by atoms with E-state index in [1.807, 2.05) is 13.8 Å². The van der Waals surface area contributed by atoms with Crippen LogP contribution in [-0.2, 0) is 16.1 Å². The average molecular weight is 356 g/mol. The Morgan fingerprint density at radius 2 is 1.58 bits per heavy atom. The number of nitrogens with one attached hydrogen (secondary N) is 2. The van der Waals surface area contributed by atoms with E-state index < -0.39 is 0 Å². The van der Waals surface area contributed by atoms with Gasteiger partial charge in [0.05, 0.1) is 13.2 Å². The van der Waals surface area contributed by atoms with Crippen LogP contribution < -0.4 is 15.4 Å². The van der Waals surface area contributed by atoms with Crippen molar-refractivity contribution in [2.75, 3.05) is 23.8 Å². The number of ether oxygens (including phenoxy) is 2. The third-order valence-corrected chi connectivity index (χ3v) is 3.55. The van der Waals surface area contributed by atoms with Crippen molar-refractivity contribution < 1.29 is 19.1 Å². The van der Waals surface area contributed by atoms with E-state index in [2.05, 4.69) is 10.6 Å². The van der Waals surface area contributed by atoms with Gasteiger partial charge >= 0.3 is 0 Å². The molecule has 0 unspecified atom stereocenters. The first-order valence-electron chi connectivity index (χ1n) is 8.56. The monoisotopic (exact) mass is 356 g/mol. The van der Waals surface area contributed by atoms with Crippen LogP contribution in [-0.4, -0.2) is 25.0 Å². The lowest BCUT2D eigenvalue weighted by Crippen LogP contribution is -2.13. The SMILES string of the molecule is CCOCc1cc(C(=O)Nc2ccc(NC(C)=O)cc2)ccc1OCC. The predicted octanol–water partition coefficient (Wildman–Crippen LogP) is 3.83. The Bertz CT molecular complexity index is 757. The van der Waals surface area contributed by atoms with Gasteiger partial charge in [-0.2, -0.15) is 0 Å². The summed E-state index contributed by atoms with van der Waals surface area (Å²) in [5.74, 6) is 0.355.